The van der Waals surface area contributed by atoms with Crippen LogP contribution in [0.1, 0.15) is 97.4 Å². The molecule has 0 bridgehead atoms. The van der Waals surface area contributed by atoms with Gasteiger partial charge in [-0.2, -0.15) is 0 Å². The maximum absolute atomic E-state index is 5.11. The minimum absolute atomic E-state index is 0.496. The zero-order valence-corrected chi connectivity index (χ0v) is 39.3. The molecule has 0 amide bonds. The number of hydrogen-bond acceptors (Lipinski definition) is 4. The fourth-order valence-electron chi connectivity index (χ4n) is 6.87. The highest BCUT2D eigenvalue weighted by atomic mass is 15.0. The van der Waals surface area contributed by atoms with Crippen molar-refractivity contribution >= 4 is 22.3 Å². The van der Waals surface area contributed by atoms with Crippen LogP contribution >= 0.6 is 0 Å². The Morgan fingerprint density at radius 1 is 0.603 bits per heavy atom. The van der Waals surface area contributed by atoms with Crippen molar-refractivity contribution in [1.82, 2.24) is 19.9 Å². The third-order valence-electron chi connectivity index (χ3n) is 9.49. The van der Waals surface area contributed by atoms with Crippen molar-refractivity contribution in [2.24, 2.45) is 0 Å². The number of benzene rings is 3. The Kier molecular flexibility index (Phi) is 21.4. The summed E-state index contributed by atoms with van der Waals surface area (Å²) in [6, 6.07) is 39.5. The minimum atomic E-state index is 0.496. The summed E-state index contributed by atoms with van der Waals surface area (Å²) in [6.45, 7) is 30.4. The average Bonchev–Trinajstić information content (AvgIpc) is 3.35. The maximum atomic E-state index is 5.11. The molecule has 2 aromatic heterocycles. The molecule has 0 saturated carbocycles. The van der Waals surface area contributed by atoms with Gasteiger partial charge in [-0.25, -0.2) is 15.0 Å². The number of nitrogens with zero attached hydrogens (tertiary/aromatic N) is 4. The van der Waals surface area contributed by atoms with E-state index in [-0.39, 0.29) is 0 Å². The van der Waals surface area contributed by atoms with Gasteiger partial charge in [0.05, 0.1) is 5.56 Å². The quantitative estimate of drug-likeness (QED) is 0.109. The van der Waals surface area contributed by atoms with Crippen LogP contribution in [0, 0.1) is 19.1 Å². The van der Waals surface area contributed by atoms with Crippen LogP contribution < -0.4 is 0 Å². The van der Waals surface area contributed by atoms with Crippen molar-refractivity contribution in [2.45, 2.75) is 76.2 Å². The predicted molar refractivity (Wildman–Crippen MR) is 276 cm³/mol. The summed E-state index contributed by atoms with van der Waals surface area (Å²) in [4.78, 5) is 19.7. The fourth-order valence-corrected chi connectivity index (χ4v) is 6.87. The number of rotatable bonds is 13. The van der Waals surface area contributed by atoms with Gasteiger partial charge in [0.1, 0.15) is 0 Å². The molecule has 0 atom stereocenters. The molecule has 0 radical (unpaired) electrons. The molecular weight excluding hydrogens is 765 g/mol. The molecule has 0 aliphatic carbocycles. The molecule has 320 valence electrons. The van der Waals surface area contributed by atoms with Crippen molar-refractivity contribution in [3.63, 3.8) is 0 Å². The number of allylic oxidation sites excluding steroid dienone is 14. The Hall–Kier alpha value is -7.22. The van der Waals surface area contributed by atoms with Gasteiger partial charge in [0, 0.05) is 28.6 Å². The molecule has 4 heteroatoms. The monoisotopic (exact) mass is 829 g/mol. The minimum Gasteiger partial charge on any atom is -0.261 e. The van der Waals surface area contributed by atoms with Crippen LogP contribution in [0.4, 0.5) is 0 Å². The van der Waals surface area contributed by atoms with Crippen molar-refractivity contribution in [3.05, 3.63) is 218 Å². The molecule has 0 aliphatic heterocycles. The highest BCUT2D eigenvalue weighted by Gasteiger charge is 2.20. The van der Waals surface area contributed by atoms with Crippen molar-refractivity contribution < 1.29 is 0 Å². The highest BCUT2D eigenvalue weighted by molar-refractivity contribution is 5.99. The number of aromatic nitrogens is 4. The van der Waals surface area contributed by atoms with E-state index in [9.17, 15) is 0 Å². The van der Waals surface area contributed by atoms with E-state index in [0.717, 1.165) is 78.1 Å². The Balaban J connectivity index is 0.00000169. The molecule has 4 nitrogen and oxygen atoms in total. The van der Waals surface area contributed by atoms with Gasteiger partial charge in [-0.3, -0.25) is 4.98 Å². The molecule has 0 unspecified atom stereocenters. The maximum Gasteiger partial charge on any atom is 0.172 e. The molecule has 0 spiro atoms. The van der Waals surface area contributed by atoms with Gasteiger partial charge in [-0.05, 0) is 115 Å². The van der Waals surface area contributed by atoms with E-state index in [1.54, 1.807) is 12.3 Å². The number of pyridine rings is 1. The first-order valence-corrected chi connectivity index (χ1v) is 22.1. The molecule has 63 heavy (non-hydrogen) atoms. The lowest BCUT2D eigenvalue weighted by atomic mass is 9.84. The standard InChI is InChI=1S/C53H46N4.3C2H6/c1-8-21-38(12-5)48-35-44(39(22-9-2)23-10-3)36-49(40-25-16-14-17-26-40)50(48)41-30-32-43(33-31-41)52-55-51(42-27-18-15-19-28-42)56-53(57-52)45(13-6)47(24-11-4)46-29-20-34-54-37(46)7;3*1-2/h8-18,20-27,29-36H,2,6H2,1,3-5,7H3;3*1-2H3/b21-8-,23-10-,24-11-,38-12+,39-22+,47-45-;;;. The molecule has 2 heterocycles. The molecule has 0 saturated heterocycles. The summed E-state index contributed by atoms with van der Waals surface area (Å²) < 4.78 is 0. The lowest BCUT2D eigenvalue weighted by molar-refractivity contribution is 1.04. The molecule has 6 aromatic rings. The zero-order valence-electron chi connectivity index (χ0n) is 39.3. The van der Waals surface area contributed by atoms with Gasteiger partial charge in [0.15, 0.2) is 17.5 Å². The summed E-state index contributed by atoms with van der Waals surface area (Å²) >= 11 is 0. The van der Waals surface area contributed by atoms with Crippen LogP contribution in [0.2, 0.25) is 0 Å². The molecule has 6 rings (SSSR count). The second kappa shape index (κ2) is 26.9. The van der Waals surface area contributed by atoms with Gasteiger partial charge < -0.3 is 0 Å². The zero-order chi connectivity index (χ0) is 46.1. The van der Waals surface area contributed by atoms with Crippen molar-refractivity contribution in [1.29, 1.82) is 0 Å². The van der Waals surface area contributed by atoms with Crippen LogP contribution in [-0.4, -0.2) is 19.9 Å². The van der Waals surface area contributed by atoms with E-state index in [0.29, 0.717) is 17.5 Å². The van der Waals surface area contributed by atoms with Crippen LogP contribution in [0.15, 0.2) is 177 Å². The predicted octanol–water partition coefficient (Wildman–Crippen LogP) is 16.7. The Morgan fingerprint density at radius 3 is 1.84 bits per heavy atom. The Bertz CT molecular complexity index is 2570. The Morgan fingerprint density at radius 2 is 1.25 bits per heavy atom. The van der Waals surface area contributed by atoms with Crippen LogP contribution in [0.25, 0.3) is 67.3 Å². The Labute approximate surface area is 379 Å². The number of hydrogen-bond donors (Lipinski definition) is 0. The van der Waals surface area contributed by atoms with Gasteiger partial charge in [-0.1, -0.05) is 194 Å². The molecule has 0 aliphatic rings. The van der Waals surface area contributed by atoms with Gasteiger partial charge in [0.2, 0.25) is 0 Å². The van der Waals surface area contributed by atoms with Crippen LogP contribution in [0.3, 0.4) is 0 Å². The summed E-state index contributed by atoms with van der Waals surface area (Å²) in [5.41, 5.74) is 14.0. The lowest BCUT2D eigenvalue weighted by Crippen LogP contribution is -2.04. The summed E-state index contributed by atoms with van der Waals surface area (Å²) in [5.74, 6) is 1.53. The van der Waals surface area contributed by atoms with E-state index in [2.05, 4.69) is 159 Å². The van der Waals surface area contributed by atoms with Crippen LogP contribution in [-0.2, 0) is 0 Å². The largest absolute Gasteiger partial charge is 0.261 e. The van der Waals surface area contributed by atoms with Gasteiger partial charge >= 0.3 is 0 Å². The normalized spacial score (nSPS) is 11.7. The number of aryl methyl sites for hydroxylation is 1. The van der Waals surface area contributed by atoms with Crippen molar-refractivity contribution in [2.75, 3.05) is 0 Å². The van der Waals surface area contributed by atoms with E-state index < -0.39 is 0 Å². The fraction of sp³-hybridized carbons (Fsp3) is 0.186. The van der Waals surface area contributed by atoms with E-state index in [1.165, 1.54) is 0 Å². The third-order valence-corrected chi connectivity index (χ3v) is 9.49. The highest BCUT2D eigenvalue weighted by Crippen LogP contribution is 2.42. The molecule has 0 N–H and O–H groups in total. The average molecular weight is 829 g/mol. The first-order valence-electron chi connectivity index (χ1n) is 22.1. The summed E-state index contributed by atoms with van der Waals surface area (Å²) in [5, 5.41) is 0. The van der Waals surface area contributed by atoms with E-state index in [1.807, 2.05) is 98.7 Å². The van der Waals surface area contributed by atoms with Gasteiger partial charge in [-0.15, -0.1) is 0 Å². The molecular formula is C59H64N4. The molecule has 4 aromatic carbocycles. The SMILES string of the molecule is C=C/C=C(\C=C/C)c1cc(C(/C=C\C)=C/C)c(-c2ccc(-c3nc(/C(C=C)=C(/C=C\C)c4cccnc4C)nc(-c4c#cccc4)n3)cc2)c(-c2ccccc2)c1.CC.CC.CC. The summed E-state index contributed by atoms with van der Waals surface area (Å²) in [6.07, 6.45) is 22.2. The van der Waals surface area contributed by atoms with E-state index in [4.69, 9.17) is 15.0 Å². The van der Waals surface area contributed by atoms with Gasteiger partial charge in [0.25, 0.3) is 0 Å². The summed E-state index contributed by atoms with van der Waals surface area (Å²) in [7, 11) is 0. The van der Waals surface area contributed by atoms with Crippen LogP contribution in [0.5, 0.6) is 0 Å². The first kappa shape index (κ1) is 50.1. The topological polar surface area (TPSA) is 51.6 Å². The lowest BCUT2D eigenvalue weighted by Gasteiger charge is -2.20. The molecule has 0 fully saturated rings. The first-order chi connectivity index (χ1) is 30.9. The second-order valence-electron chi connectivity index (χ2n) is 13.2. The third kappa shape index (κ3) is 12.7. The smallest absolute Gasteiger partial charge is 0.172 e. The second-order valence-corrected chi connectivity index (χ2v) is 13.2. The van der Waals surface area contributed by atoms with Crippen molar-refractivity contribution in [3.8, 4) is 45.0 Å². The van der Waals surface area contributed by atoms with E-state index >= 15 is 0 Å².